The maximum Gasteiger partial charge on any atom is 0.271 e. The summed E-state index contributed by atoms with van der Waals surface area (Å²) in [5, 5.41) is 16.4. The van der Waals surface area contributed by atoms with Gasteiger partial charge in [-0.1, -0.05) is 58.0 Å². The summed E-state index contributed by atoms with van der Waals surface area (Å²) in [7, 11) is 0. The highest BCUT2D eigenvalue weighted by molar-refractivity contribution is 7.09. The van der Waals surface area contributed by atoms with Crippen molar-refractivity contribution in [2.24, 2.45) is 11.8 Å². The van der Waals surface area contributed by atoms with E-state index in [-0.39, 0.29) is 60.4 Å². The number of hydrogen-bond acceptors (Lipinski definition) is 9. The van der Waals surface area contributed by atoms with Crippen LogP contribution in [0.4, 0.5) is 0 Å². The van der Waals surface area contributed by atoms with Gasteiger partial charge in [0.25, 0.3) is 5.91 Å². The van der Waals surface area contributed by atoms with Gasteiger partial charge in [0.2, 0.25) is 11.8 Å². The van der Waals surface area contributed by atoms with Crippen molar-refractivity contribution in [3.05, 3.63) is 81.8 Å². The summed E-state index contributed by atoms with van der Waals surface area (Å²) in [4.78, 5) is 59.6. The molecule has 0 unspecified atom stereocenters. The van der Waals surface area contributed by atoms with Crippen molar-refractivity contribution in [3.8, 4) is 0 Å². The zero-order valence-electron chi connectivity index (χ0n) is 27.6. The molecule has 0 saturated heterocycles. The Morgan fingerprint density at radius 3 is 2.43 bits per heavy atom. The monoisotopic (exact) mass is 660 g/mol. The van der Waals surface area contributed by atoms with Crippen molar-refractivity contribution in [1.29, 1.82) is 0 Å². The topological polar surface area (TPSA) is 163 Å². The minimum Gasteiger partial charge on any atom is -0.350 e. The lowest BCUT2D eigenvalue weighted by atomic mass is 10.0. The summed E-state index contributed by atoms with van der Waals surface area (Å²) in [6.45, 7) is 10.9. The summed E-state index contributed by atoms with van der Waals surface area (Å²) < 4.78 is 1.57. The van der Waals surface area contributed by atoms with Crippen molar-refractivity contribution in [2.75, 3.05) is 13.1 Å². The standard InChI is InChI=1S/C33H44N10O3S/c1-20(2)11-26-33-40-28(18-47-33)32(46)39-25(12-23-9-7-6-8-10-23)31-36-22(5)41-43(31)17-30(45)38-27(21(3)4)15-42(16-29(44)37-26)14-24-13-34-19-35-24/h6-10,13,18-21,25-27H,11-12,14-17H2,1-5H3,(H,34,35)(H,37,44)(H,38,45)(H,39,46)/t25-,26-,27+/m0/s1. The van der Waals surface area contributed by atoms with Crippen LogP contribution in [0.15, 0.2) is 48.2 Å². The van der Waals surface area contributed by atoms with Gasteiger partial charge in [0.15, 0.2) is 5.82 Å². The first-order valence-electron chi connectivity index (χ1n) is 16.0. The SMILES string of the molecule is Cc1nc2n(n1)CC(=O)N[C@@H](C(C)C)CN(Cc1cnc[nH]1)CC(=O)N[C@@H](CC(C)C)c1nc(cs1)C(=O)N[C@H]2Cc1ccccc1. The van der Waals surface area contributed by atoms with Crippen molar-refractivity contribution in [2.45, 2.75) is 78.7 Å². The van der Waals surface area contributed by atoms with Crippen molar-refractivity contribution >= 4 is 29.1 Å². The minimum atomic E-state index is -0.583. The number of rotatable bonds is 7. The van der Waals surface area contributed by atoms with Crippen LogP contribution in [0.3, 0.4) is 0 Å². The summed E-state index contributed by atoms with van der Waals surface area (Å²) in [6.07, 6.45) is 4.44. The maximum absolute atomic E-state index is 13.7. The molecule has 4 heterocycles. The molecule has 4 N–H and O–H groups in total. The average Bonchev–Trinajstić information content (AvgIpc) is 3.78. The molecule has 1 aliphatic heterocycles. The predicted molar refractivity (Wildman–Crippen MR) is 178 cm³/mol. The fourth-order valence-electron chi connectivity index (χ4n) is 5.71. The Labute approximate surface area is 279 Å². The molecule has 4 aromatic rings. The fourth-order valence-corrected chi connectivity index (χ4v) is 6.57. The molecular weight excluding hydrogens is 616 g/mol. The van der Waals surface area contributed by atoms with Crippen LogP contribution in [0.2, 0.25) is 0 Å². The number of hydrogen-bond donors (Lipinski definition) is 4. The normalized spacial score (nSPS) is 20.3. The number of fused-ring (bicyclic) bond motifs is 3. The number of nitrogens with one attached hydrogen (secondary N) is 4. The second-order valence-corrected chi connectivity index (χ2v) is 13.8. The first-order chi connectivity index (χ1) is 22.5. The number of aromatic amines is 1. The third-order valence-corrected chi connectivity index (χ3v) is 8.97. The second-order valence-electron chi connectivity index (χ2n) is 12.9. The molecule has 0 fully saturated rings. The van der Waals surface area contributed by atoms with E-state index in [0.717, 1.165) is 11.3 Å². The molecule has 0 spiro atoms. The van der Waals surface area contributed by atoms with E-state index in [4.69, 9.17) is 4.98 Å². The Hall–Kier alpha value is -4.43. The summed E-state index contributed by atoms with van der Waals surface area (Å²) >= 11 is 1.35. The number of carbonyl (C=O) groups excluding carboxylic acids is 3. The predicted octanol–water partition coefficient (Wildman–Crippen LogP) is 3.34. The van der Waals surface area contributed by atoms with Crippen LogP contribution < -0.4 is 16.0 Å². The molecule has 250 valence electrons. The van der Waals surface area contributed by atoms with E-state index in [2.05, 4.69) is 49.8 Å². The largest absolute Gasteiger partial charge is 0.350 e. The molecule has 3 aromatic heterocycles. The van der Waals surface area contributed by atoms with Gasteiger partial charge < -0.3 is 20.9 Å². The number of benzene rings is 1. The highest BCUT2D eigenvalue weighted by Crippen LogP contribution is 2.26. The highest BCUT2D eigenvalue weighted by atomic mass is 32.1. The number of aromatic nitrogens is 6. The van der Waals surface area contributed by atoms with Gasteiger partial charge in [-0.2, -0.15) is 5.10 Å². The Morgan fingerprint density at radius 2 is 1.72 bits per heavy atom. The van der Waals surface area contributed by atoms with Gasteiger partial charge in [0.1, 0.15) is 23.1 Å². The van der Waals surface area contributed by atoms with E-state index in [9.17, 15) is 14.4 Å². The van der Waals surface area contributed by atoms with Gasteiger partial charge >= 0.3 is 0 Å². The molecule has 5 rings (SSSR count). The fraction of sp³-hybridized carbons (Fsp3) is 0.485. The zero-order valence-corrected chi connectivity index (χ0v) is 28.4. The Morgan fingerprint density at radius 1 is 0.957 bits per heavy atom. The molecule has 0 radical (unpaired) electrons. The van der Waals surface area contributed by atoms with E-state index in [0.29, 0.717) is 42.6 Å². The molecule has 0 aliphatic carbocycles. The molecule has 14 heteroatoms. The number of nitrogens with zero attached hydrogens (tertiary/aromatic N) is 6. The van der Waals surface area contributed by atoms with E-state index >= 15 is 0 Å². The second kappa shape index (κ2) is 15.4. The molecule has 3 atom stereocenters. The first-order valence-corrected chi connectivity index (χ1v) is 16.9. The number of carbonyl (C=O) groups is 3. The van der Waals surface area contributed by atoms with Gasteiger partial charge in [-0.3, -0.25) is 19.3 Å². The first kappa shape index (κ1) is 33.9. The summed E-state index contributed by atoms with van der Waals surface area (Å²) in [5.74, 6) is 0.538. The molecule has 1 aromatic carbocycles. The van der Waals surface area contributed by atoms with Crippen LogP contribution in [0, 0.1) is 18.8 Å². The third kappa shape index (κ3) is 9.32. The van der Waals surface area contributed by atoms with E-state index in [1.54, 1.807) is 29.5 Å². The maximum atomic E-state index is 13.7. The van der Waals surface area contributed by atoms with Gasteiger partial charge in [-0.25, -0.2) is 19.6 Å². The third-order valence-electron chi connectivity index (χ3n) is 8.02. The lowest BCUT2D eigenvalue weighted by Gasteiger charge is -2.30. The minimum absolute atomic E-state index is 0.0707. The van der Waals surface area contributed by atoms with E-state index < -0.39 is 6.04 Å². The zero-order chi connectivity index (χ0) is 33.5. The van der Waals surface area contributed by atoms with Gasteiger partial charge in [-0.15, -0.1) is 11.3 Å². The Bertz CT molecular complexity index is 1630. The smallest absolute Gasteiger partial charge is 0.271 e. The van der Waals surface area contributed by atoms with Gasteiger partial charge in [0.05, 0.1) is 25.0 Å². The number of aryl methyl sites for hydroxylation is 1. The average molecular weight is 661 g/mol. The van der Waals surface area contributed by atoms with E-state index in [1.807, 2.05) is 49.1 Å². The van der Waals surface area contributed by atoms with Crippen LogP contribution in [-0.4, -0.2) is 71.5 Å². The van der Waals surface area contributed by atoms with Gasteiger partial charge in [0, 0.05) is 36.4 Å². The summed E-state index contributed by atoms with van der Waals surface area (Å²) in [5.41, 5.74) is 2.11. The number of imidazole rings is 1. The van der Waals surface area contributed by atoms with Crippen LogP contribution in [0.5, 0.6) is 0 Å². The Kier molecular flexibility index (Phi) is 11.1. The molecule has 47 heavy (non-hydrogen) atoms. The van der Waals surface area contributed by atoms with Crippen LogP contribution in [-0.2, 0) is 29.1 Å². The summed E-state index contributed by atoms with van der Waals surface area (Å²) in [6, 6.07) is 8.58. The van der Waals surface area contributed by atoms with E-state index in [1.165, 1.54) is 11.3 Å². The Balaban J connectivity index is 1.53. The number of thiazole rings is 1. The lowest BCUT2D eigenvalue weighted by Crippen LogP contribution is -2.50. The number of H-pyrrole nitrogens is 1. The van der Waals surface area contributed by atoms with Crippen molar-refractivity contribution in [1.82, 2.24) is 50.6 Å². The van der Waals surface area contributed by atoms with Gasteiger partial charge in [-0.05, 0) is 37.2 Å². The lowest BCUT2D eigenvalue weighted by molar-refractivity contribution is -0.123. The molecule has 13 nitrogen and oxygen atoms in total. The molecule has 1 aliphatic rings. The van der Waals surface area contributed by atoms with Crippen LogP contribution in [0.25, 0.3) is 0 Å². The molecule has 0 saturated carbocycles. The molecular formula is C33H44N10O3S. The number of amides is 3. The van der Waals surface area contributed by atoms with Crippen molar-refractivity contribution < 1.29 is 14.4 Å². The van der Waals surface area contributed by atoms with Crippen LogP contribution >= 0.6 is 11.3 Å². The van der Waals surface area contributed by atoms with Crippen molar-refractivity contribution in [3.63, 3.8) is 0 Å². The highest BCUT2D eigenvalue weighted by Gasteiger charge is 2.29. The quantitative estimate of drug-likeness (QED) is 0.235. The van der Waals surface area contributed by atoms with Crippen LogP contribution in [0.1, 0.15) is 84.6 Å². The molecule has 3 amide bonds. The molecule has 2 bridgehead atoms.